The monoisotopic (exact) mass is 308 g/mol. The van der Waals surface area contributed by atoms with Crippen LogP contribution in [0.5, 0.6) is 0 Å². The number of anilines is 1. The second-order valence-electron chi connectivity index (χ2n) is 3.50. The van der Waals surface area contributed by atoms with E-state index < -0.39 is 12.0 Å². The summed E-state index contributed by atoms with van der Waals surface area (Å²) >= 11 is 7.01. The first-order valence-electron chi connectivity index (χ1n) is 5.19. The average molecular weight is 309 g/mol. The van der Waals surface area contributed by atoms with Gasteiger partial charge in [-0.3, -0.25) is 0 Å². The van der Waals surface area contributed by atoms with Gasteiger partial charge in [-0.15, -0.1) is 11.3 Å². The number of thiazole rings is 1. The summed E-state index contributed by atoms with van der Waals surface area (Å²) in [5, 5.41) is 5.24. The average Bonchev–Trinajstić information content (AvgIpc) is 2.80. The van der Waals surface area contributed by atoms with Crippen LogP contribution in [-0.2, 0) is 12.6 Å². The summed E-state index contributed by atoms with van der Waals surface area (Å²) in [6.45, 7) is 0.415. The maximum absolute atomic E-state index is 12.5. The lowest BCUT2D eigenvalue weighted by Gasteiger charge is -2.09. The molecule has 0 atom stereocenters. The van der Waals surface area contributed by atoms with Gasteiger partial charge in [0.15, 0.2) is 0 Å². The van der Waals surface area contributed by atoms with Gasteiger partial charge in [-0.05, 0) is 0 Å². The van der Waals surface area contributed by atoms with Crippen LogP contribution in [0, 0.1) is 0 Å². The first-order valence-corrected chi connectivity index (χ1v) is 6.45. The summed E-state index contributed by atoms with van der Waals surface area (Å²) < 4.78 is 37.4. The van der Waals surface area contributed by atoms with Crippen molar-refractivity contribution in [2.24, 2.45) is 0 Å². The molecule has 0 aliphatic carbocycles. The van der Waals surface area contributed by atoms with Crippen LogP contribution < -0.4 is 5.32 Å². The number of rotatable bonds is 4. The Kier molecular flexibility index (Phi) is 4.20. The highest BCUT2D eigenvalue weighted by molar-refractivity contribution is 7.09. The lowest BCUT2D eigenvalue weighted by molar-refractivity contribution is -0.144. The number of nitrogens with one attached hydrogen (secondary N) is 1. The number of nitrogens with zero attached hydrogens (tertiary/aromatic N) is 3. The molecule has 4 nitrogen and oxygen atoms in total. The third-order valence-electron chi connectivity index (χ3n) is 2.08. The molecule has 0 aliphatic rings. The molecule has 0 spiro atoms. The highest BCUT2D eigenvalue weighted by atomic mass is 35.5. The summed E-state index contributed by atoms with van der Waals surface area (Å²) in [5.41, 5.74) is 0. The molecular weight excluding hydrogens is 301 g/mol. The molecule has 0 fully saturated rings. The Balaban J connectivity index is 2.02. The van der Waals surface area contributed by atoms with E-state index in [-0.39, 0.29) is 11.0 Å². The molecule has 0 aromatic carbocycles. The van der Waals surface area contributed by atoms with Crippen molar-refractivity contribution in [3.05, 3.63) is 33.6 Å². The largest absolute Gasteiger partial charge is 0.451 e. The summed E-state index contributed by atoms with van der Waals surface area (Å²) in [4.78, 5) is 10.6. The first kappa shape index (κ1) is 14.0. The van der Waals surface area contributed by atoms with Gasteiger partial charge < -0.3 is 5.32 Å². The Morgan fingerprint density at radius 1 is 1.32 bits per heavy atom. The number of alkyl halides is 3. The number of halogens is 4. The third kappa shape index (κ3) is 4.03. The van der Waals surface area contributed by atoms with Crippen LogP contribution in [0.1, 0.15) is 10.8 Å². The van der Waals surface area contributed by atoms with E-state index >= 15 is 0 Å². The molecule has 1 N–H and O–H groups in total. The molecule has 2 rings (SSSR count). The maximum atomic E-state index is 12.5. The van der Waals surface area contributed by atoms with Crippen molar-refractivity contribution in [3.8, 4) is 0 Å². The molecule has 2 aromatic rings. The molecule has 0 unspecified atom stereocenters. The standard InChI is InChI=1S/C10H8ClF3N4S/c11-6-5-7(18-9(17-6)10(12,13)14)15-2-1-8-16-3-4-19-8/h3-5H,1-2H2,(H,15,17,18). The zero-order valence-corrected chi connectivity index (χ0v) is 11.0. The second-order valence-corrected chi connectivity index (χ2v) is 4.87. The van der Waals surface area contributed by atoms with Crippen LogP contribution in [0.15, 0.2) is 17.6 Å². The van der Waals surface area contributed by atoms with Crippen molar-refractivity contribution in [2.45, 2.75) is 12.6 Å². The molecule has 2 aromatic heterocycles. The van der Waals surface area contributed by atoms with E-state index in [1.807, 2.05) is 5.38 Å². The fourth-order valence-corrected chi connectivity index (χ4v) is 2.11. The van der Waals surface area contributed by atoms with Crippen LogP contribution in [0.4, 0.5) is 19.0 Å². The maximum Gasteiger partial charge on any atom is 0.451 e. The van der Waals surface area contributed by atoms with Crippen molar-refractivity contribution < 1.29 is 13.2 Å². The molecule has 0 radical (unpaired) electrons. The second kappa shape index (κ2) is 5.70. The molecule has 19 heavy (non-hydrogen) atoms. The van der Waals surface area contributed by atoms with E-state index in [1.54, 1.807) is 6.20 Å². The van der Waals surface area contributed by atoms with Gasteiger partial charge >= 0.3 is 6.18 Å². The van der Waals surface area contributed by atoms with Crippen molar-refractivity contribution in [1.29, 1.82) is 0 Å². The molecule has 0 amide bonds. The van der Waals surface area contributed by atoms with Gasteiger partial charge in [0.1, 0.15) is 11.0 Å². The molecule has 102 valence electrons. The Bertz CT molecular complexity index is 544. The van der Waals surface area contributed by atoms with Crippen LogP contribution in [0.3, 0.4) is 0 Å². The molecule has 0 bridgehead atoms. The van der Waals surface area contributed by atoms with Gasteiger partial charge in [0.2, 0.25) is 5.82 Å². The minimum atomic E-state index is -4.61. The predicted octanol–water partition coefficient (Wildman–Crippen LogP) is 3.26. The van der Waals surface area contributed by atoms with Gasteiger partial charge in [0, 0.05) is 30.6 Å². The zero-order valence-electron chi connectivity index (χ0n) is 9.41. The summed E-state index contributed by atoms with van der Waals surface area (Å²) in [7, 11) is 0. The first-order chi connectivity index (χ1) is 8.95. The van der Waals surface area contributed by atoms with Gasteiger partial charge in [-0.2, -0.15) is 13.2 Å². The Morgan fingerprint density at radius 2 is 2.11 bits per heavy atom. The predicted molar refractivity (Wildman–Crippen MR) is 66.4 cm³/mol. The van der Waals surface area contributed by atoms with Crippen LogP contribution >= 0.6 is 22.9 Å². The smallest absolute Gasteiger partial charge is 0.369 e. The highest BCUT2D eigenvalue weighted by Crippen LogP contribution is 2.28. The number of aromatic nitrogens is 3. The molecular formula is C10H8ClF3N4S. The topological polar surface area (TPSA) is 50.7 Å². The molecule has 0 saturated heterocycles. The fraction of sp³-hybridized carbons (Fsp3) is 0.300. The van der Waals surface area contributed by atoms with E-state index in [0.717, 1.165) is 5.01 Å². The Hall–Kier alpha value is -1.41. The summed E-state index contributed by atoms with van der Waals surface area (Å²) in [6.07, 6.45) is -2.35. The van der Waals surface area contributed by atoms with Crippen molar-refractivity contribution in [3.63, 3.8) is 0 Å². The van der Waals surface area contributed by atoms with Gasteiger partial charge in [0.05, 0.1) is 5.01 Å². The molecule has 0 aliphatic heterocycles. The van der Waals surface area contributed by atoms with Gasteiger partial charge in [-0.1, -0.05) is 11.6 Å². The van der Waals surface area contributed by atoms with E-state index in [4.69, 9.17) is 11.6 Å². The zero-order chi connectivity index (χ0) is 13.9. The quantitative estimate of drug-likeness (QED) is 0.881. The van der Waals surface area contributed by atoms with E-state index in [0.29, 0.717) is 13.0 Å². The molecule has 2 heterocycles. The van der Waals surface area contributed by atoms with Crippen molar-refractivity contribution in [2.75, 3.05) is 11.9 Å². The van der Waals surface area contributed by atoms with Crippen molar-refractivity contribution >= 4 is 28.8 Å². The van der Waals surface area contributed by atoms with E-state index in [1.165, 1.54) is 17.4 Å². The van der Waals surface area contributed by atoms with E-state index in [9.17, 15) is 13.2 Å². The van der Waals surface area contributed by atoms with Crippen molar-refractivity contribution in [1.82, 2.24) is 15.0 Å². The summed E-state index contributed by atoms with van der Waals surface area (Å²) in [6, 6.07) is 1.25. The lowest BCUT2D eigenvalue weighted by Crippen LogP contribution is -2.14. The van der Waals surface area contributed by atoms with E-state index in [2.05, 4.69) is 20.3 Å². The normalized spacial score (nSPS) is 11.6. The highest BCUT2D eigenvalue weighted by Gasteiger charge is 2.35. The fourth-order valence-electron chi connectivity index (χ4n) is 1.31. The third-order valence-corrected chi connectivity index (χ3v) is 3.11. The van der Waals surface area contributed by atoms with Crippen LogP contribution in [0.2, 0.25) is 5.15 Å². The SMILES string of the molecule is FC(F)(F)c1nc(Cl)cc(NCCc2nccs2)n1. The Morgan fingerprint density at radius 3 is 2.74 bits per heavy atom. The van der Waals surface area contributed by atoms with Crippen LogP contribution in [-0.4, -0.2) is 21.5 Å². The van der Waals surface area contributed by atoms with Gasteiger partial charge in [0.25, 0.3) is 0 Å². The molecule has 0 saturated carbocycles. The minimum Gasteiger partial charge on any atom is -0.369 e. The number of hydrogen-bond acceptors (Lipinski definition) is 5. The van der Waals surface area contributed by atoms with Gasteiger partial charge in [-0.25, -0.2) is 15.0 Å². The summed E-state index contributed by atoms with van der Waals surface area (Å²) in [5.74, 6) is -1.21. The minimum absolute atomic E-state index is 0.0453. The number of hydrogen-bond donors (Lipinski definition) is 1. The molecule has 9 heteroatoms. The lowest BCUT2D eigenvalue weighted by atomic mass is 10.4. The van der Waals surface area contributed by atoms with Crippen LogP contribution in [0.25, 0.3) is 0 Å². The Labute approximate surface area is 115 Å².